The topological polar surface area (TPSA) is 33.0 Å². The normalized spacial score (nSPS) is 11.3. The van der Waals surface area contributed by atoms with Gasteiger partial charge in [-0.05, 0) is 35.4 Å². The number of methoxy groups -OCH3 is 1. The van der Waals surface area contributed by atoms with E-state index < -0.39 is 8.07 Å². The van der Waals surface area contributed by atoms with E-state index in [0.29, 0.717) is 16.3 Å². The molecule has 0 unspecified atom stereocenters. The van der Waals surface area contributed by atoms with E-state index in [1.165, 1.54) is 7.11 Å². The molecular weight excluding hydrogens is 358 g/mol. The Bertz CT molecular complexity index is 907. The monoisotopic (exact) mass is 381 g/mol. The van der Waals surface area contributed by atoms with Crippen LogP contribution in [0.25, 0.3) is 0 Å². The Morgan fingerprint density at radius 1 is 1.04 bits per heavy atom. The minimum Gasteiger partial charge on any atom is -0.494 e. The highest BCUT2D eigenvalue weighted by molar-refractivity contribution is 6.83. The average Bonchev–Trinajstić information content (AvgIpc) is 2.58. The summed E-state index contributed by atoms with van der Waals surface area (Å²) in [5.74, 6) is 3.70. The molecule has 0 atom stereocenters. The first-order chi connectivity index (χ1) is 12.1. The zero-order valence-electron chi connectivity index (χ0n) is 16.2. The molecule has 2 aromatic rings. The van der Waals surface area contributed by atoms with Gasteiger partial charge < -0.3 is 4.74 Å². The molecule has 0 radical (unpaired) electrons. The van der Waals surface area contributed by atoms with Gasteiger partial charge in [-0.3, -0.25) is 0 Å². The van der Waals surface area contributed by atoms with Gasteiger partial charge in [-0.15, -0.1) is 5.54 Å². The summed E-state index contributed by atoms with van der Waals surface area (Å²) in [6.45, 7) is 10.9. The van der Waals surface area contributed by atoms with Gasteiger partial charge >= 0.3 is 0 Å². The summed E-state index contributed by atoms with van der Waals surface area (Å²) in [5, 5.41) is 9.85. The number of rotatable bonds is 3. The first-order valence-corrected chi connectivity index (χ1v) is 12.4. The Morgan fingerprint density at radius 3 is 2.15 bits per heavy atom. The van der Waals surface area contributed by atoms with Crippen molar-refractivity contribution in [3.8, 4) is 23.3 Å². The first-order valence-electron chi connectivity index (χ1n) is 8.50. The third-order valence-corrected chi connectivity index (χ3v) is 5.43. The van der Waals surface area contributed by atoms with E-state index >= 15 is 0 Å². The van der Waals surface area contributed by atoms with Crippen LogP contribution in [0.3, 0.4) is 0 Å². The molecule has 2 aromatic carbocycles. The second kappa shape index (κ2) is 7.58. The molecule has 0 aliphatic carbocycles. The van der Waals surface area contributed by atoms with Gasteiger partial charge in [0, 0.05) is 11.0 Å². The maximum atomic E-state index is 9.40. The summed E-state index contributed by atoms with van der Waals surface area (Å²) in [5.41, 5.74) is 6.67. The number of nitriles is 1. The minimum atomic E-state index is -1.39. The van der Waals surface area contributed by atoms with Crippen LogP contribution in [-0.4, -0.2) is 15.2 Å². The van der Waals surface area contributed by atoms with Crippen molar-refractivity contribution in [1.29, 1.82) is 5.26 Å². The zero-order valence-corrected chi connectivity index (χ0v) is 18.0. The molecule has 0 fully saturated rings. The molecule has 134 valence electrons. The molecule has 4 heteroatoms. The first kappa shape index (κ1) is 20.1. The molecule has 0 amide bonds. The Balaban J connectivity index is 2.43. The molecule has 0 spiro atoms. The van der Waals surface area contributed by atoms with Crippen LogP contribution in [0.1, 0.15) is 36.1 Å². The van der Waals surface area contributed by atoms with Crippen LogP contribution in [0.4, 0.5) is 0 Å². The van der Waals surface area contributed by atoms with Crippen molar-refractivity contribution in [2.75, 3.05) is 7.11 Å². The van der Waals surface area contributed by atoms with E-state index in [1.54, 1.807) is 0 Å². The van der Waals surface area contributed by atoms with E-state index in [2.05, 4.69) is 75.3 Å². The Labute approximate surface area is 162 Å². The highest BCUT2D eigenvalue weighted by Crippen LogP contribution is 2.38. The number of hydrogen-bond acceptors (Lipinski definition) is 2. The predicted octanol–water partition coefficient (Wildman–Crippen LogP) is 5.78. The zero-order chi connectivity index (χ0) is 19.5. The maximum absolute atomic E-state index is 9.40. The number of ether oxygens (including phenoxy) is 1. The van der Waals surface area contributed by atoms with Crippen LogP contribution >= 0.6 is 11.6 Å². The lowest BCUT2D eigenvalue weighted by Crippen LogP contribution is -2.19. The van der Waals surface area contributed by atoms with Crippen molar-refractivity contribution in [2.24, 2.45) is 0 Å². The van der Waals surface area contributed by atoms with Crippen molar-refractivity contribution in [3.05, 3.63) is 63.7 Å². The van der Waals surface area contributed by atoms with Gasteiger partial charge in [0.05, 0.1) is 17.7 Å². The standard InChI is InChI=1S/C22H24ClNOSi/c1-22(2,19-13-17(15-24)21(25-3)20(23)14-19)18-9-7-16(8-10-18)11-12-26(4,5)6/h7-10,13-14H,1-6H3. The second-order valence-electron chi connectivity index (χ2n) is 7.85. The molecule has 0 saturated heterocycles. The third-order valence-electron chi connectivity index (χ3n) is 4.28. The average molecular weight is 382 g/mol. The molecule has 2 rings (SSSR count). The molecule has 0 saturated carbocycles. The van der Waals surface area contributed by atoms with Crippen molar-refractivity contribution in [1.82, 2.24) is 0 Å². The van der Waals surface area contributed by atoms with Crippen molar-refractivity contribution < 1.29 is 4.74 Å². The van der Waals surface area contributed by atoms with Gasteiger partial charge in [0.25, 0.3) is 0 Å². The molecule has 0 aromatic heterocycles. The quantitative estimate of drug-likeness (QED) is 0.499. The van der Waals surface area contributed by atoms with Crippen molar-refractivity contribution in [2.45, 2.75) is 38.9 Å². The highest BCUT2D eigenvalue weighted by atomic mass is 35.5. The lowest BCUT2D eigenvalue weighted by molar-refractivity contribution is 0.413. The van der Waals surface area contributed by atoms with Gasteiger partial charge in [-0.2, -0.15) is 5.26 Å². The molecular formula is C22H24ClNOSi. The number of hydrogen-bond donors (Lipinski definition) is 0. The van der Waals surface area contributed by atoms with Gasteiger partial charge in [0.1, 0.15) is 14.1 Å². The SMILES string of the molecule is COc1c(Cl)cc(C(C)(C)c2ccc(C#C[Si](C)(C)C)cc2)cc1C#N. The van der Waals surface area contributed by atoms with E-state index in [0.717, 1.165) is 16.7 Å². The van der Waals surface area contributed by atoms with E-state index in [4.69, 9.17) is 16.3 Å². The Morgan fingerprint density at radius 2 is 1.65 bits per heavy atom. The van der Waals surface area contributed by atoms with Crippen LogP contribution in [0.15, 0.2) is 36.4 Å². The summed E-state index contributed by atoms with van der Waals surface area (Å²) in [4.78, 5) is 0. The molecule has 2 nitrogen and oxygen atoms in total. The summed E-state index contributed by atoms with van der Waals surface area (Å²) < 4.78 is 5.24. The summed E-state index contributed by atoms with van der Waals surface area (Å²) in [6, 6.07) is 14.2. The van der Waals surface area contributed by atoms with Gasteiger partial charge in [-0.1, -0.05) is 63.1 Å². The number of halogens is 1. The van der Waals surface area contributed by atoms with E-state index in [-0.39, 0.29) is 5.41 Å². The molecule has 0 bridgehead atoms. The predicted molar refractivity (Wildman–Crippen MR) is 112 cm³/mol. The lowest BCUT2D eigenvalue weighted by atomic mass is 9.77. The minimum absolute atomic E-state index is 0.299. The number of nitrogens with zero attached hydrogens (tertiary/aromatic N) is 1. The Kier molecular flexibility index (Phi) is 5.86. The van der Waals surface area contributed by atoms with Crippen molar-refractivity contribution in [3.63, 3.8) is 0 Å². The summed E-state index contributed by atoms with van der Waals surface area (Å²) in [7, 11) is 0.134. The van der Waals surface area contributed by atoms with Gasteiger partial charge in [-0.25, -0.2) is 0 Å². The number of benzene rings is 2. The fraction of sp³-hybridized carbons (Fsp3) is 0.318. The molecule has 0 heterocycles. The van der Waals surface area contributed by atoms with Crippen LogP contribution in [0, 0.1) is 22.8 Å². The Hall–Kier alpha value is -2.20. The van der Waals surface area contributed by atoms with Crippen LogP contribution in [0.2, 0.25) is 24.7 Å². The van der Waals surface area contributed by atoms with Crippen LogP contribution < -0.4 is 4.74 Å². The molecule has 0 N–H and O–H groups in total. The van der Waals surface area contributed by atoms with Gasteiger partial charge in [0.2, 0.25) is 0 Å². The molecule has 0 aliphatic rings. The molecule has 26 heavy (non-hydrogen) atoms. The van der Waals surface area contributed by atoms with E-state index in [9.17, 15) is 5.26 Å². The fourth-order valence-electron chi connectivity index (χ4n) is 2.64. The maximum Gasteiger partial charge on any atom is 0.155 e. The fourth-order valence-corrected chi connectivity index (χ4v) is 3.46. The van der Waals surface area contributed by atoms with E-state index in [1.807, 2.05) is 12.1 Å². The van der Waals surface area contributed by atoms with Crippen LogP contribution in [0.5, 0.6) is 5.75 Å². The second-order valence-corrected chi connectivity index (χ2v) is 13.0. The highest BCUT2D eigenvalue weighted by Gasteiger charge is 2.25. The summed E-state index contributed by atoms with van der Waals surface area (Å²) in [6.07, 6.45) is 0. The smallest absolute Gasteiger partial charge is 0.155 e. The van der Waals surface area contributed by atoms with Crippen molar-refractivity contribution >= 4 is 19.7 Å². The van der Waals surface area contributed by atoms with Crippen LogP contribution in [-0.2, 0) is 5.41 Å². The largest absolute Gasteiger partial charge is 0.494 e. The molecule has 0 aliphatic heterocycles. The van der Waals surface area contributed by atoms with Gasteiger partial charge in [0.15, 0.2) is 5.75 Å². The third kappa shape index (κ3) is 4.49. The lowest BCUT2D eigenvalue weighted by Gasteiger charge is -2.27. The summed E-state index contributed by atoms with van der Waals surface area (Å²) >= 11 is 6.33.